The topological polar surface area (TPSA) is 73.0 Å². The number of likely N-dealkylation sites (N-methyl/N-ethyl adjacent to an activating group) is 1. The SMILES string of the molecule is Cc1ccc(C(=O)N2CCN(C(=O)NCC(=O)N(C)C)CC2)s1. The summed E-state index contributed by atoms with van der Waals surface area (Å²) < 4.78 is 0. The molecule has 1 saturated heterocycles. The van der Waals surface area contributed by atoms with Crippen molar-refractivity contribution < 1.29 is 14.4 Å². The summed E-state index contributed by atoms with van der Waals surface area (Å²) in [5, 5.41) is 2.61. The lowest BCUT2D eigenvalue weighted by atomic mass is 10.3. The minimum absolute atomic E-state index is 0.0144. The first-order valence-electron chi connectivity index (χ1n) is 7.47. The van der Waals surface area contributed by atoms with Gasteiger partial charge in [0.25, 0.3) is 5.91 Å². The van der Waals surface area contributed by atoms with Gasteiger partial charge in [0.1, 0.15) is 0 Å². The van der Waals surface area contributed by atoms with Crippen LogP contribution in [0.25, 0.3) is 0 Å². The molecule has 2 heterocycles. The quantitative estimate of drug-likeness (QED) is 0.878. The van der Waals surface area contributed by atoms with Crippen LogP contribution in [0.2, 0.25) is 0 Å². The molecule has 7 nitrogen and oxygen atoms in total. The molecule has 0 unspecified atom stereocenters. The second kappa shape index (κ2) is 7.45. The van der Waals surface area contributed by atoms with E-state index in [9.17, 15) is 14.4 Å². The van der Waals surface area contributed by atoms with Crippen LogP contribution < -0.4 is 5.32 Å². The van der Waals surface area contributed by atoms with Crippen molar-refractivity contribution >= 4 is 29.2 Å². The fourth-order valence-corrected chi connectivity index (χ4v) is 3.07. The molecule has 0 aromatic carbocycles. The Labute approximate surface area is 139 Å². The predicted octanol–water partition coefficient (Wildman–Crippen LogP) is 0.612. The van der Waals surface area contributed by atoms with Gasteiger partial charge in [-0.25, -0.2) is 4.79 Å². The molecule has 0 saturated carbocycles. The van der Waals surface area contributed by atoms with E-state index in [0.29, 0.717) is 26.2 Å². The third kappa shape index (κ3) is 4.44. The first-order chi connectivity index (χ1) is 10.9. The maximum Gasteiger partial charge on any atom is 0.317 e. The number of piperazine rings is 1. The Morgan fingerprint density at radius 1 is 1.13 bits per heavy atom. The molecule has 126 valence electrons. The summed E-state index contributed by atoms with van der Waals surface area (Å²) in [5.74, 6) is -0.133. The zero-order valence-corrected chi connectivity index (χ0v) is 14.5. The average Bonchev–Trinajstić information content (AvgIpc) is 2.98. The van der Waals surface area contributed by atoms with Gasteiger partial charge in [-0.1, -0.05) is 0 Å². The van der Waals surface area contributed by atoms with Gasteiger partial charge < -0.3 is 20.0 Å². The summed E-state index contributed by atoms with van der Waals surface area (Å²) in [6.45, 7) is 3.91. The van der Waals surface area contributed by atoms with Crippen molar-refractivity contribution in [3.8, 4) is 0 Å². The molecule has 1 fully saturated rings. The van der Waals surface area contributed by atoms with Gasteiger partial charge in [0.15, 0.2) is 0 Å². The van der Waals surface area contributed by atoms with Crippen LogP contribution in [0.15, 0.2) is 12.1 Å². The molecule has 23 heavy (non-hydrogen) atoms. The van der Waals surface area contributed by atoms with E-state index in [-0.39, 0.29) is 24.4 Å². The second-order valence-corrected chi connectivity index (χ2v) is 6.92. The van der Waals surface area contributed by atoms with Crippen molar-refractivity contribution in [2.24, 2.45) is 0 Å². The number of hydrogen-bond donors (Lipinski definition) is 1. The lowest BCUT2D eigenvalue weighted by Gasteiger charge is -2.34. The Kier molecular flexibility index (Phi) is 5.59. The number of nitrogens with one attached hydrogen (secondary N) is 1. The largest absolute Gasteiger partial charge is 0.347 e. The Balaban J connectivity index is 1.80. The second-order valence-electron chi connectivity index (χ2n) is 5.64. The molecule has 0 atom stereocenters. The van der Waals surface area contributed by atoms with Gasteiger partial charge in [-0.05, 0) is 19.1 Å². The van der Waals surface area contributed by atoms with Crippen LogP contribution in [-0.2, 0) is 4.79 Å². The van der Waals surface area contributed by atoms with E-state index in [1.54, 1.807) is 23.9 Å². The summed E-state index contributed by atoms with van der Waals surface area (Å²) in [6, 6.07) is 3.51. The van der Waals surface area contributed by atoms with Crippen molar-refractivity contribution in [2.45, 2.75) is 6.92 Å². The highest BCUT2D eigenvalue weighted by Gasteiger charge is 2.25. The lowest BCUT2D eigenvalue weighted by molar-refractivity contribution is -0.127. The maximum absolute atomic E-state index is 12.3. The number of hydrogen-bond acceptors (Lipinski definition) is 4. The number of rotatable bonds is 3. The highest BCUT2D eigenvalue weighted by molar-refractivity contribution is 7.13. The molecule has 0 radical (unpaired) electrons. The third-order valence-electron chi connectivity index (χ3n) is 3.69. The van der Waals surface area contributed by atoms with Gasteiger partial charge in [-0.15, -0.1) is 11.3 Å². The Hall–Kier alpha value is -2.09. The molecule has 1 aliphatic rings. The van der Waals surface area contributed by atoms with E-state index < -0.39 is 0 Å². The summed E-state index contributed by atoms with van der Waals surface area (Å²) >= 11 is 1.48. The van der Waals surface area contributed by atoms with Crippen LogP contribution in [0.1, 0.15) is 14.5 Å². The van der Waals surface area contributed by atoms with E-state index in [2.05, 4.69) is 5.32 Å². The van der Waals surface area contributed by atoms with Crippen molar-refractivity contribution in [1.82, 2.24) is 20.0 Å². The van der Waals surface area contributed by atoms with Gasteiger partial charge in [-0.2, -0.15) is 0 Å². The minimum Gasteiger partial charge on any atom is -0.347 e. The predicted molar refractivity (Wildman–Crippen MR) is 88.6 cm³/mol. The highest BCUT2D eigenvalue weighted by atomic mass is 32.1. The smallest absolute Gasteiger partial charge is 0.317 e. The standard InChI is InChI=1S/C15H22N4O3S/c1-11-4-5-12(23-11)14(21)18-6-8-19(9-7-18)15(22)16-10-13(20)17(2)3/h4-5H,6-10H2,1-3H3,(H,16,22). The molecule has 1 aromatic heterocycles. The molecule has 0 bridgehead atoms. The van der Waals surface area contributed by atoms with E-state index in [0.717, 1.165) is 9.75 Å². The van der Waals surface area contributed by atoms with Crippen molar-refractivity contribution in [3.05, 3.63) is 21.9 Å². The summed E-state index contributed by atoms with van der Waals surface area (Å²) in [4.78, 5) is 42.5. The van der Waals surface area contributed by atoms with E-state index in [1.807, 2.05) is 19.1 Å². The van der Waals surface area contributed by atoms with Gasteiger partial charge in [0.05, 0.1) is 11.4 Å². The number of aryl methyl sites for hydroxylation is 1. The molecule has 2 rings (SSSR count). The molecule has 1 aromatic rings. The van der Waals surface area contributed by atoms with E-state index >= 15 is 0 Å². The van der Waals surface area contributed by atoms with Crippen LogP contribution in [0, 0.1) is 6.92 Å². The van der Waals surface area contributed by atoms with Gasteiger partial charge >= 0.3 is 6.03 Å². The zero-order chi connectivity index (χ0) is 17.0. The minimum atomic E-state index is -0.265. The van der Waals surface area contributed by atoms with Crippen molar-refractivity contribution in [2.75, 3.05) is 46.8 Å². The highest BCUT2D eigenvalue weighted by Crippen LogP contribution is 2.18. The average molecular weight is 338 g/mol. The zero-order valence-electron chi connectivity index (χ0n) is 13.7. The molecular weight excluding hydrogens is 316 g/mol. The fourth-order valence-electron chi connectivity index (χ4n) is 2.24. The van der Waals surface area contributed by atoms with Crippen LogP contribution in [0.3, 0.4) is 0 Å². The molecule has 4 amide bonds. The summed E-state index contributed by atoms with van der Waals surface area (Å²) in [7, 11) is 3.29. The normalized spacial score (nSPS) is 14.6. The maximum atomic E-state index is 12.3. The molecule has 0 spiro atoms. The summed E-state index contributed by atoms with van der Waals surface area (Å²) in [5.41, 5.74) is 0. The van der Waals surface area contributed by atoms with E-state index in [4.69, 9.17) is 0 Å². The number of carbonyl (C=O) groups is 3. The van der Waals surface area contributed by atoms with Gasteiger partial charge in [0.2, 0.25) is 5.91 Å². The number of urea groups is 1. The molecule has 1 N–H and O–H groups in total. The lowest BCUT2D eigenvalue weighted by Crippen LogP contribution is -2.54. The fraction of sp³-hybridized carbons (Fsp3) is 0.533. The number of nitrogens with zero attached hydrogens (tertiary/aromatic N) is 3. The van der Waals surface area contributed by atoms with E-state index in [1.165, 1.54) is 16.2 Å². The monoisotopic (exact) mass is 338 g/mol. The first kappa shape index (κ1) is 17.3. The Morgan fingerprint density at radius 2 is 1.74 bits per heavy atom. The number of amides is 4. The van der Waals surface area contributed by atoms with Crippen LogP contribution in [-0.4, -0.2) is 79.4 Å². The summed E-state index contributed by atoms with van der Waals surface area (Å²) in [6.07, 6.45) is 0. The molecule has 0 aliphatic carbocycles. The number of thiophene rings is 1. The van der Waals surface area contributed by atoms with Crippen molar-refractivity contribution in [1.29, 1.82) is 0 Å². The van der Waals surface area contributed by atoms with Crippen LogP contribution >= 0.6 is 11.3 Å². The Morgan fingerprint density at radius 3 is 2.26 bits per heavy atom. The van der Waals surface area contributed by atoms with Gasteiger partial charge in [0, 0.05) is 45.2 Å². The first-order valence-corrected chi connectivity index (χ1v) is 8.29. The van der Waals surface area contributed by atoms with Crippen LogP contribution in [0.5, 0.6) is 0 Å². The molecule has 1 aliphatic heterocycles. The molecule has 8 heteroatoms. The van der Waals surface area contributed by atoms with Crippen LogP contribution in [0.4, 0.5) is 4.79 Å². The third-order valence-corrected chi connectivity index (χ3v) is 4.68. The van der Waals surface area contributed by atoms with Crippen molar-refractivity contribution in [3.63, 3.8) is 0 Å². The Bertz CT molecular complexity index is 591. The van der Waals surface area contributed by atoms with Gasteiger partial charge in [-0.3, -0.25) is 9.59 Å². The molecular formula is C15H22N4O3S. The number of carbonyl (C=O) groups excluding carboxylic acids is 3.